The molecule has 0 atom stereocenters. The van der Waals surface area contributed by atoms with Crippen molar-refractivity contribution in [3.05, 3.63) is 57.6 Å². The van der Waals surface area contributed by atoms with Gasteiger partial charge in [0, 0.05) is 16.1 Å². The van der Waals surface area contributed by atoms with E-state index in [-0.39, 0.29) is 5.91 Å². The van der Waals surface area contributed by atoms with Gasteiger partial charge in [-0.05, 0) is 42.8 Å². The highest BCUT2D eigenvalue weighted by Crippen LogP contribution is 2.25. The Morgan fingerprint density at radius 3 is 2.53 bits per heavy atom. The van der Waals surface area contributed by atoms with E-state index in [1.807, 2.05) is 19.1 Å². The van der Waals surface area contributed by atoms with E-state index in [0.29, 0.717) is 21.3 Å². The summed E-state index contributed by atoms with van der Waals surface area (Å²) in [6.45, 7) is 1.87. The van der Waals surface area contributed by atoms with Crippen LogP contribution in [0.2, 0.25) is 10.0 Å². The quantitative estimate of drug-likeness (QED) is 0.763. The average Bonchev–Trinajstić information content (AvgIpc) is 2.36. The van der Waals surface area contributed by atoms with Gasteiger partial charge in [0.2, 0.25) is 0 Å². The minimum Gasteiger partial charge on any atom is -0.322 e. The molecule has 0 heterocycles. The largest absolute Gasteiger partial charge is 0.322 e. The zero-order valence-corrected chi connectivity index (χ0v) is 12.5. The van der Waals surface area contributed by atoms with Gasteiger partial charge in [0.15, 0.2) is 0 Å². The molecule has 0 aromatic heterocycles. The SMILES string of the molecule is Cc1ccc(S)cc1C(=O)Nc1ccc(Cl)c(Cl)c1. The Morgan fingerprint density at radius 1 is 1.11 bits per heavy atom. The number of carbonyl (C=O) groups is 1. The van der Waals surface area contributed by atoms with E-state index in [2.05, 4.69) is 17.9 Å². The summed E-state index contributed by atoms with van der Waals surface area (Å²) < 4.78 is 0. The number of hydrogen-bond donors (Lipinski definition) is 2. The molecule has 0 aliphatic carbocycles. The van der Waals surface area contributed by atoms with Gasteiger partial charge < -0.3 is 5.32 Å². The molecule has 0 saturated carbocycles. The number of aryl methyl sites for hydroxylation is 1. The summed E-state index contributed by atoms with van der Waals surface area (Å²) >= 11 is 16.0. The van der Waals surface area contributed by atoms with Gasteiger partial charge in [-0.25, -0.2) is 0 Å². The lowest BCUT2D eigenvalue weighted by molar-refractivity contribution is 0.102. The fourth-order valence-electron chi connectivity index (χ4n) is 1.63. The Bertz CT molecular complexity index is 643. The van der Waals surface area contributed by atoms with E-state index in [4.69, 9.17) is 23.2 Å². The predicted molar refractivity (Wildman–Crippen MR) is 82.8 cm³/mol. The fourth-order valence-corrected chi connectivity index (χ4v) is 2.13. The van der Waals surface area contributed by atoms with Crippen LogP contribution in [0.3, 0.4) is 0 Å². The standard InChI is InChI=1S/C14H11Cl2NOS/c1-8-2-4-10(19)7-11(8)14(18)17-9-3-5-12(15)13(16)6-9/h2-7,19H,1H3,(H,17,18). The molecule has 0 fully saturated rings. The number of anilines is 1. The lowest BCUT2D eigenvalue weighted by atomic mass is 10.1. The molecule has 2 nitrogen and oxygen atoms in total. The number of rotatable bonds is 2. The highest BCUT2D eigenvalue weighted by atomic mass is 35.5. The maximum absolute atomic E-state index is 12.2. The van der Waals surface area contributed by atoms with Crippen molar-refractivity contribution in [1.82, 2.24) is 0 Å². The van der Waals surface area contributed by atoms with Crippen molar-refractivity contribution in [2.75, 3.05) is 5.32 Å². The highest BCUT2D eigenvalue weighted by Gasteiger charge is 2.10. The Balaban J connectivity index is 2.25. The summed E-state index contributed by atoms with van der Waals surface area (Å²) in [6.07, 6.45) is 0. The van der Waals surface area contributed by atoms with E-state index in [1.165, 1.54) is 0 Å². The molecule has 2 rings (SSSR count). The van der Waals surface area contributed by atoms with Gasteiger partial charge in [-0.2, -0.15) is 0 Å². The first kappa shape index (κ1) is 14.3. The summed E-state index contributed by atoms with van der Waals surface area (Å²) in [4.78, 5) is 12.9. The smallest absolute Gasteiger partial charge is 0.255 e. The molecule has 0 bridgehead atoms. The second-order valence-electron chi connectivity index (χ2n) is 4.08. The lowest BCUT2D eigenvalue weighted by Crippen LogP contribution is -2.13. The summed E-state index contributed by atoms with van der Waals surface area (Å²) in [6, 6.07) is 10.4. The summed E-state index contributed by atoms with van der Waals surface area (Å²) in [5, 5.41) is 3.63. The molecule has 0 aliphatic rings. The first-order valence-corrected chi connectivity index (χ1v) is 6.73. The van der Waals surface area contributed by atoms with Crippen LogP contribution in [0.15, 0.2) is 41.3 Å². The Morgan fingerprint density at radius 2 is 1.84 bits per heavy atom. The van der Waals surface area contributed by atoms with Crippen LogP contribution in [0.25, 0.3) is 0 Å². The normalized spacial score (nSPS) is 10.3. The minimum absolute atomic E-state index is 0.202. The van der Waals surface area contributed by atoms with Crippen molar-refractivity contribution in [2.24, 2.45) is 0 Å². The van der Waals surface area contributed by atoms with Crippen molar-refractivity contribution < 1.29 is 4.79 Å². The van der Waals surface area contributed by atoms with Gasteiger partial charge in [-0.3, -0.25) is 4.79 Å². The van der Waals surface area contributed by atoms with Crippen molar-refractivity contribution in [1.29, 1.82) is 0 Å². The topological polar surface area (TPSA) is 29.1 Å². The van der Waals surface area contributed by atoms with Gasteiger partial charge in [0.05, 0.1) is 10.0 Å². The third-order valence-corrected chi connectivity index (χ3v) is 3.66. The molecule has 1 amide bonds. The number of carbonyl (C=O) groups excluding carboxylic acids is 1. The molecule has 0 saturated heterocycles. The first-order valence-electron chi connectivity index (χ1n) is 5.53. The van der Waals surface area contributed by atoms with Gasteiger partial charge in [-0.1, -0.05) is 29.3 Å². The maximum atomic E-state index is 12.2. The van der Waals surface area contributed by atoms with Crippen LogP contribution in [0, 0.1) is 6.92 Å². The van der Waals surface area contributed by atoms with Crippen LogP contribution < -0.4 is 5.32 Å². The summed E-state index contributed by atoms with van der Waals surface area (Å²) in [5.41, 5.74) is 2.07. The van der Waals surface area contributed by atoms with Crippen LogP contribution in [0.1, 0.15) is 15.9 Å². The van der Waals surface area contributed by atoms with E-state index in [1.54, 1.807) is 24.3 Å². The van der Waals surface area contributed by atoms with Crippen LogP contribution in [0.5, 0.6) is 0 Å². The highest BCUT2D eigenvalue weighted by molar-refractivity contribution is 7.80. The molecular formula is C14H11Cl2NOS. The van der Waals surface area contributed by atoms with E-state index < -0.39 is 0 Å². The van der Waals surface area contributed by atoms with Gasteiger partial charge in [-0.15, -0.1) is 12.6 Å². The zero-order valence-electron chi connectivity index (χ0n) is 10.1. The third kappa shape index (κ3) is 3.44. The number of hydrogen-bond acceptors (Lipinski definition) is 2. The van der Waals surface area contributed by atoms with E-state index in [0.717, 1.165) is 10.5 Å². The van der Waals surface area contributed by atoms with Crippen molar-refractivity contribution in [3.8, 4) is 0 Å². The zero-order chi connectivity index (χ0) is 14.0. The molecular weight excluding hydrogens is 301 g/mol. The minimum atomic E-state index is -0.202. The number of halogens is 2. The van der Waals surface area contributed by atoms with Crippen LogP contribution in [-0.2, 0) is 0 Å². The Labute approximate surface area is 127 Å². The number of thiol groups is 1. The molecule has 0 radical (unpaired) electrons. The summed E-state index contributed by atoms with van der Waals surface area (Å²) in [7, 11) is 0. The molecule has 0 aliphatic heterocycles. The van der Waals surface area contributed by atoms with E-state index in [9.17, 15) is 4.79 Å². The second kappa shape index (κ2) is 5.87. The molecule has 19 heavy (non-hydrogen) atoms. The second-order valence-corrected chi connectivity index (χ2v) is 5.41. The van der Waals surface area contributed by atoms with Gasteiger partial charge >= 0.3 is 0 Å². The fraction of sp³-hybridized carbons (Fsp3) is 0.0714. The number of benzene rings is 2. The number of amides is 1. The molecule has 0 unspecified atom stereocenters. The lowest BCUT2D eigenvalue weighted by Gasteiger charge is -2.09. The predicted octanol–water partition coefficient (Wildman–Crippen LogP) is 4.84. The molecule has 0 spiro atoms. The maximum Gasteiger partial charge on any atom is 0.255 e. The van der Waals surface area contributed by atoms with Crippen molar-refractivity contribution in [3.63, 3.8) is 0 Å². The molecule has 2 aromatic rings. The van der Waals surface area contributed by atoms with Crippen LogP contribution >= 0.6 is 35.8 Å². The first-order chi connectivity index (χ1) is 8.97. The van der Waals surface area contributed by atoms with Gasteiger partial charge in [0.25, 0.3) is 5.91 Å². The van der Waals surface area contributed by atoms with E-state index >= 15 is 0 Å². The molecule has 1 N–H and O–H groups in total. The molecule has 98 valence electrons. The number of nitrogens with one attached hydrogen (secondary N) is 1. The Kier molecular flexibility index (Phi) is 4.40. The van der Waals surface area contributed by atoms with Crippen molar-refractivity contribution in [2.45, 2.75) is 11.8 Å². The monoisotopic (exact) mass is 311 g/mol. The van der Waals surface area contributed by atoms with Crippen LogP contribution in [-0.4, -0.2) is 5.91 Å². The van der Waals surface area contributed by atoms with Gasteiger partial charge in [0.1, 0.15) is 0 Å². The average molecular weight is 312 g/mol. The van der Waals surface area contributed by atoms with Crippen LogP contribution in [0.4, 0.5) is 5.69 Å². The molecule has 5 heteroatoms. The third-order valence-electron chi connectivity index (χ3n) is 2.64. The Hall–Kier alpha value is -1.16. The van der Waals surface area contributed by atoms with Crippen molar-refractivity contribution >= 4 is 47.4 Å². The molecule has 2 aromatic carbocycles. The summed E-state index contributed by atoms with van der Waals surface area (Å²) in [5.74, 6) is -0.202.